The molecule has 3 rings (SSSR count). The van der Waals surface area contributed by atoms with Crippen molar-refractivity contribution in [3.05, 3.63) is 34.1 Å². The number of aryl methyl sites for hydroxylation is 2. The molecule has 1 aromatic carbocycles. The van der Waals surface area contributed by atoms with Gasteiger partial charge in [0.1, 0.15) is 0 Å². The molecule has 0 aliphatic heterocycles. The van der Waals surface area contributed by atoms with E-state index in [0.717, 1.165) is 29.8 Å². The minimum atomic E-state index is -0.147. The van der Waals surface area contributed by atoms with Crippen LogP contribution in [0.5, 0.6) is 0 Å². The molecule has 0 saturated heterocycles. The molecule has 0 bridgehead atoms. The fraction of sp³-hybridized carbons (Fsp3) is 0.500. The third-order valence-corrected chi connectivity index (χ3v) is 5.93. The topological polar surface area (TPSA) is 85.8 Å². The average molecular weight is 394 g/mol. The smallest absolute Gasteiger partial charge is 0.234 e. The fourth-order valence-electron chi connectivity index (χ4n) is 3.41. The van der Waals surface area contributed by atoms with E-state index in [1.165, 1.54) is 35.7 Å². The second-order valence-electron chi connectivity index (χ2n) is 6.82. The van der Waals surface area contributed by atoms with Crippen molar-refractivity contribution in [1.29, 1.82) is 0 Å². The fourth-order valence-corrected chi connectivity index (χ4v) is 4.44. The molecule has 1 aliphatic carbocycles. The van der Waals surface area contributed by atoms with Gasteiger partial charge in [-0.25, -0.2) is 4.68 Å². The van der Waals surface area contributed by atoms with E-state index in [4.69, 9.17) is 17.4 Å². The standard InChI is InChI=1S/C18H24ClN5OS/c1-11-8-12(2)16(14(19)9-11)21-15(25)10-26-18-23-22-17(24(18)20)13-6-4-3-5-7-13/h8-9,13H,3-7,10,20H2,1-2H3,(H,21,25). The summed E-state index contributed by atoms with van der Waals surface area (Å²) in [5, 5.41) is 12.4. The Balaban J connectivity index is 1.61. The van der Waals surface area contributed by atoms with Gasteiger partial charge in [0.05, 0.1) is 16.5 Å². The van der Waals surface area contributed by atoms with E-state index in [9.17, 15) is 4.79 Å². The summed E-state index contributed by atoms with van der Waals surface area (Å²) >= 11 is 7.53. The van der Waals surface area contributed by atoms with E-state index in [1.54, 1.807) is 0 Å². The number of nitrogens with zero attached hydrogens (tertiary/aromatic N) is 3. The molecular weight excluding hydrogens is 370 g/mol. The number of nitrogens with two attached hydrogens (primary N) is 1. The van der Waals surface area contributed by atoms with Gasteiger partial charge >= 0.3 is 0 Å². The van der Waals surface area contributed by atoms with Crippen LogP contribution in [0, 0.1) is 13.8 Å². The molecule has 1 amide bonds. The van der Waals surface area contributed by atoms with Gasteiger partial charge in [-0.1, -0.05) is 48.7 Å². The normalized spacial score (nSPS) is 15.2. The molecule has 1 fully saturated rings. The zero-order valence-electron chi connectivity index (χ0n) is 15.1. The molecule has 2 aromatic rings. The number of amides is 1. The SMILES string of the molecule is Cc1cc(C)c(NC(=O)CSc2nnc(C3CCCCC3)n2N)c(Cl)c1. The van der Waals surface area contributed by atoms with Crippen molar-refractivity contribution in [2.75, 3.05) is 16.9 Å². The summed E-state index contributed by atoms with van der Waals surface area (Å²) in [6, 6.07) is 3.83. The highest BCUT2D eigenvalue weighted by molar-refractivity contribution is 7.99. The first-order chi connectivity index (χ1) is 12.5. The number of benzene rings is 1. The number of hydrogen-bond acceptors (Lipinski definition) is 5. The van der Waals surface area contributed by atoms with Gasteiger partial charge < -0.3 is 11.2 Å². The lowest BCUT2D eigenvalue weighted by Crippen LogP contribution is -2.20. The van der Waals surface area contributed by atoms with Crippen LogP contribution < -0.4 is 11.2 Å². The molecule has 0 radical (unpaired) electrons. The van der Waals surface area contributed by atoms with E-state index < -0.39 is 0 Å². The number of thioether (sulfide) groups is 1. The Morgan fingerprint density at radius 1 is 1.31 bits per heavy atom. The Bertz CT molecular complexity index is 778. The van der Waals surface area contributed by atoms with Crippen molar-refractivity contribution < 1.29 is 4.79 Å². The van der Waals surface area contributed by atoms with Crippen LogP contribution in [0.1, 0.15) is 55.0 Å². The van der Waals surface area contributed by atoms with Gasteiger partial charge in [0, 0.05) is 5.92 Å². The van der Waals surface area contributed by atoms with Crippen LogP contribution in [-0.2, 0) is 4.79 Å². The van der Waals surface area contributed by atoms with Crippen molar-refractivity contribution >= 4 is 35.0 Å². The number of anilines is 1. The number of hydrogen-bond donors (Lipinski definition) is 2. The zero-order valence-corrected chi connectivity index (χ0v) is 16.7. The van der Waals surface area contributed by atoms with E-state index in [-0.39, 0.29) is 11.7 Å². The van der Waals surface area contributed by atoms with Gasteiger partial charge in [-0.3, -0.25) is 4.79 Å². The molecule has 8 heteroatoms. The number of aromatic nitrogens is 3. The first-order valence-corrected chi connectivity index (χ1v) is 10.2. The summed E-state index contributed by atoms with van der Waals surface area (Å²) in [6.45, 7) is 3.90. The molecule has 26 heavy (non-hydrogen) atoms. The number of nitrogens with one attached hydrogen (secondary N) is 1. The molecule has 0 unspecified atom stereocenters. The highest BCUT2D eigenvalue weighted by Gasteiger charge is 2.23. The maximum absolute atomic E-state index is 12.3. The predicted molar refractivity (Wildman–Crippen MR) is 106 cm³/mol. The van der Waals surface area contributed by atoms with Crippen LogP contribution >= 0.6 is 23.4 Å². The molecule has 1 aliphatic rings. The number of carbonyl (C=O) groups is 1. The highest BCUT2D eigenvalue weighted by atomic mass is 35.5. The lowest BCUT2D eigenvalue weighted by Gasteiger charge is -2.20. The van der Waals surface area contributed by atoms with Crippen LogP contribution in [0.2, 0.25) is 5.02 Å². The van der Waals surface area contributed by atoms with Gasteiger partial charge in [-0.15, -0.1) is 10.2 Å². The van der Waals surface area contributed by atoms with Crippen molar-refractivity contribution in [1.82, 2.24) is 14.9 Å². The Kier molecular flexibility index (Phi) is 6.09. The third kappa shape index (κ3) is 4.32. The summed E-state index contributed by atoms with van der Waals surface area (Å²) in [4.78, 5) is 12.3. The van der Waals surface area contributed by atoms with Crippen molar-refractivity contribution in [3.8, 4) is 0 Å². The molecule has 1 saturated carbocycles. The van der Waals surface area contributed by atoms with Gasteiger partial charge in [0.2, 0.25) is 11.1 Å². The number of rotatable bonds is 5. The van der Waals surface area contributed by atoms with Crippen molar-refractivity contribution in [3.63, 3.8) is 0 Å². The molecular formula is C18H24ClN5OS. The van der Waals surface area contributed by atoms with E-state index >= 15 is 0 Å². The Labute approximate surface area is 162 Å². The van der Waals surface area contributed by atoms with Gasteiger partial charge in [0.15, 0.2) is 5.82 Å². The summed E-state index contributed by atoms with van der Waals surface area (Å²) in [5.41, 5.74) is 2.65. The Morgan fingerprint density at radius 3 is 2.73 bits per heavy atom. The van der Waals surface area contributed by atoms with Crippen LogP contribution in [-0.4, -0.2) is 26.5 Å². The van der Waals surface area contributed by atoms with Crippen LogP contribution in [0.25, 0.3) is 0 Å². The second kappa shape index (κ2) is 8.31. The minimum Gasteiger partial charge on any atom is -0.336 e. The molecule has 1 heterocycles. The lowest BCUT2D eigenvalue weighted by molar-refractivity contribution is -0.113. The van der Waals surface area contributed by atoms with E-state index in [2.05, 4.69) is 15.5 Å². The van der Waals surface area contributed by atoms with Gasteiger partial charge in [0.25, 0.3) is 0 Å². The summed E-state index contributed by atoms with van der Waals surface area (Å²) < 4.78 is 1.54. The summed E-state index contributed by atoms with van der Waals surface area (Å²) in [5.74, 6) is 7.40. The van der Waals surface area contributed by atoms with E-state index in [0.29, 0.717) is 21.8 Å². The second-order valence-corrected chi connectivity index (χ2v) is 8.17. The molecule has 6 nitrogen and oxygen atoms in total. The molecule has 140 valence electrons. The number of nitrogen functional groups attached to an aromatic ring is 1. The maximum atomic E-state index is 12.3. The third-order valence-electron chi connectivity index (χ3n) is 4.69. The van der Waals surface area contributed by atoms with Gasteiger partial charge in [-0.05, 0) is 43.9 Å². The minimum absolute atomic E-state index is 0.147. The number of halogens is 1. The molecule has 0 spiro atoms. The zero-order chi connectivity index (χ0) is 18.7. The van der Waals surface area contributed by atoms with Crippen molar-refractivity contribution in [2.24, 2.45) is 0 Å². The summed E-state index contributed by atoms with van der Waals surface area (Å²) in [7, 11) is 0. The predicted octanol–water partition coefficient (Wildman–Crippen LogP) is 4.04. The first kappa shape index (κ1) is 19.0. The quantitative estimate of drug-likeness (QED) is 0.591. The van der Waals surface area contributed by atoms with Crippen molar-refractivity contribution in [2.45, 2.75) is 57.0 Å². The molecule has 3 N–H and O–H groups in total. The average Bonchev–Trinajstić information content (AvgIpc) is 2.98. The number of carbonyl (C=O) groups excluding carboxylic acids is 1. The largest absolute Gasteiger partial charge is 0.336 e. The monoisotopic (exact) mass is 393 g/mol. The maximum Gasteiger partial charge on any atom is 0.234 e. The Hall–Kier alpha value is -1.73. The van der Waals surface area contributed by atoms with E-state index in [1.807, 2.05) is 26.0 Å². The first-order valence-electron chi connectivity index (χ1n) is 8.85. The molecule has 0 atom stereocenters. The van der Waals surface area contributed by atoms with Crippen LogP contribution in [0.15, 0.2) is 17.3 Å². The van der Waals surface area contributed by atoms with Crippen LogP contribution in [0.4, 0.5) is 5.69 Å². The summed E-state index contributed by atoms with van der Waals surface area (Å²) in [6.07, 6.45) is 5.90. The highest BCUT2D eigenvalue weighted by Crippen LogP contribution is 2.32. The Morgan fingerprint density at radius 2 is 2.04 bits per heavy atom. The molecule has 1 aromatic heterocycles. The lowest BCUT2D eigenvalue weighted by atomic mass is 9.89. The van der Waals surface area contributed by atoms with Gasteiger partial charge in [-0.2, -0.15) is 0 Å². The van der Waals surface area contributed by atoms with Crippen LogP contribution in [0.3, 0.4) is 0 Å².